The van der Waals surface area contributed by atoms with Gasteiger partial charge in [0, 0.05) is 5.56 Å². The Hall–Kier alpha value is -3.15. The van der Waals surface area contributed by atoms with Gasteiger partial charge in [0.1, 0.15) is 5.82 Å². The Bertz CT molecular complexity index is 872. The summed E-state index contributed by atoms with van der Waals surface area (Å²) in [5.41, 5.74) is 1.42. The van der Waals surface area contributed by atoms with Gasteiger partial charge in [-0.1, -0.05) is 13.0 Å². The van der Waals surface area contributed by atoms with E-state index in [4.69, 9.17) is 14.2 Å². The Labute approximate surface area is 150 Å². The summed E-state index contributed by atoms with van der Waals surface area (Å²) in [6.07, 6.45) is 2.48. The highest BCUT2D eigenvalue weighted by atomic mass is 19.1. The molecule has 134 valence electrons. The molecule has 0 atom stereocenters. The molecule has 6 heteroatoms. The van der Waals surface area contributed by atoms with Crippen molar-refractivity contribution in [3.63, 3.8) is 0 Å². The minimum absolute atomic E-state index is 0.150. The number of ether oxygens (including phenoxy) is 3. The van der Waals surface area contributed by atoms with E-state index in [1.807, 2.05) is 6.92 Å². The molecule has 0 unspecified atom stereocenters. The van der Waals surface area contributed by atoms with Crippen LogP contribution < -0.4 is 9.47 Å². The molecule has 1 aliphatic heterocycles. The molecule has 0 radical (unpaired) electrons. The summed E-state index contributed by atoms with van der Waals surface area (Å²) >= 11 is 0. The zero-order valence-corrected chi connectivity index (χ0v) is 14.5. The summed E-state index contributed by atoms with van der Waals surface area (Å²) in [5.74, 6) is 0.434. The van der Waals surface area contributed by atoms with E-state index in [2.05, 4.69) is 4.99 Å². The quantitative estimate of drug-likeness (QED) is 0.581. The van der Waals surface area contributed by atoms with Crippen LogP contribution in [-0.4, -0.2) is 25.6 Å². The van der Waals surface area contributed by atoms with Crippen LogP contribution in [0, 0.1) is 5.82 Å². The average molecular weight is 355 g/mol. The number of hydrogen-bond donors (Lipinski definition) is 0. The predicted molar refractivity (Wildman–Crippen MR) is 95.8 cm³/mol. The third-order valence-electron chi connectivity index (χ3n) is 3.66. The van der Waals surface area contributed by atoms with E-state index in [9.17, 15) is 9.18 Å². The molecule has 0 aliphatic carbocycles. The topological polar surface area (TPSA) is 57.1 Å². The summed E-state index contributed by atoms with van der Waals surface area (Å²) in [5, 5.41) is 0. The van der Waals surface area contributed by atoms with Crippen molar-refractivity contribution >= 4 is 17.9 Å². The fraction of sp³-hybridized carbons (Fsp3) is 0.200. The highest BCUT2D eigenvalue weighted by Crippen LogP contribution is 2.30. The molecular formula is C20H18FNO4. The van der Waals surface area contributed by atoms with Gasteiger partial charge in [0.2, 0.25) is 5.90 Å². The van der Waals surface area contributed by atoms with E-state index in [0.29, 0.717) is 23.7 Å². The van der Waals surface area contributed by atoms with E-state index in [0.717, 1.165) is 12.0 Å². The summed E-state index contributed by atoms with van der Waals surface area (Å²) in [7, 11) is 1.57. The van der Waals surface area contributed by atoms with Crippen LogP contribution in [0.25, 0.3) is 6.08 Å². The van der Waals surface area contributed by atoms with Gasteiger partial charge in [-0.25, -0.2) is 14.2 Å². The van der Waals surface area contributed by atoms with Gasteiger partial charge in [-0.15, -0.1) is 0 Å². The third-order valence-corrected chi connectivity index (χ3v) is 3.66. The summed E-state index contributed by atoms with van der Waals surface area (Å²) in [6, 6.07) is 10.9. The Morgan fingerprint density at radius 1 is 1.15 bits per heavy atom. The monoisotopic (exact) mass is 355 g/mol. The maximum Gasteiger partial charge on any atom is 0.363 e. The molecule has 0 bridgehead atoms. The third kappa shape index (κ3) is 3.91. The molecule has 0 amide bonds. The fourth-order valence-electron chi connectivity index (χ4n) is 2.39. The zero-order valence-electron chi connectivity index (χ0n) is 14.5. The molecule has 0 spiro atoms. The number of benzene rings is 2. The van der Waals surface area contributed by atoms with Gasteiger partial charge in [-0.05, 0) is 54.5 Å². The van der Waals surface area contributed by atoms with Crippen molar-refractivity contribution < 1.29 is 23.4 Å². The fourth-order valence-corrected chi connectivity index (χ4v) is 2.39. The molecule has 26 heavy (non-hydrogen) atoms. The number of cyclic esters (lactones) is 1. The van der Waals surface area contributed by atoms with Gasteiger partial charge >= 0.3 is 5.97 Å². The molecule has 5 nitrogen and oxygen atoms in total. The Kier molecular flexibility index (Phi) is 5.31. The normalized spacial score (nSPS) is 15.0. The van der Waals surface area contributed by atoms with Gasteiger partial charge in [0.25, 0.3) is 0 Å². The number of methoxy groups -OCH3 is 1. The minimum Gasteiger partial charge on any atom is -0.493 e. The molecule has 0 N–H and O–H groups in total. The number of hydrogen-bond acceptors (Lipinski definition) is 5. The van der Waals surface area contributed by atoms with Gasteiger partial charge in [-0.3, -0.25) is 0 Å². The number of nitrogens with zero attached hydrogens (tertiary/aromatic N) is 1. The smallest absolute Gasteiger partial charge is 0.363 e. The van der Waals surface area contributed by atoms with Crippen LogP contribution >= 0.6 is 0 Å². The lowest BCUT2D eigenvalue weighted by atomic mass is 10.1. The molecule has 0 fully saturated rings. The first-order valence-electron chi connectivity index (χ1n) is 8.20. The Morgan fingerprint density at radius 3 is 2.62 bits per heavy atom. The van der Waals surface area contributed by atoms with Gasteiger partial charge in [-0.2, -0.15) is 0 Å². The van der Waals surface area contributed by atoms with Crippen molar-refractivity contribution in [3.8, 4) is 11.5 Å². The van der Waals surface area contributed by atoms with Crippen molar-refractivity contribution in [2.75, 3.05) is 13.7 Å². The van der Waals surface area contributed by atoms with Gasteiger partial charge in [0.05, 0.1) is 13.7 Å². The lowest BCUT2D eigenvalue weighted by molar-refractivity contribution is -0.129. The number of carbonyl (C=O) groups excluding carboxylic acids is 1. The van der Waals surface area contributed by atoms with E-state index >= 15 is 0 Å². The number of halogens is 1. The van der Waals surface area contributed by atoms with Crippen molar-refractivity contribution in [1.29, 1.82) is 0 Å². The van der Waals surface area contributed by atoms with Crippen LogP contribution in [0.15, 0.2) is 53.2 Å². The van der Waals surface area contributed by atoms with Crippen LogP contribution in [0.4, 0.5) is 4.39 Å². The number of aliphatic imine (C=N–C) groups is 1. The van der Waals surface area contributed by atoms with E-state index < -0.39 is 5.97 Å². The van der Waals surface area contributed by atoms with Crippen LogP contribution in [-0.2, 0) is 9.53 Å². The molecule has 2 aromatic rings. The first kappa shape index (κ1) is 17.7. The van der Waals surface area contributed by atoms with E-state index in [1.165, 1.54) is 24.3 Å². The van der Waals surface area contributed by atoms with Crippen molar-refractivity contribution in [2.45, 2.75) is 13.3 Å². The molecular weight excluding hydrogens is 337 g/mol. The van der Waals surface area contributed by atoms with Crippen molar-refractivity contribution in [2.24, 2.45) is 4.99 Å². The summed E-state index contributed by atoms with van der Waals surface area (Å²) in [6.45, 7) is 2.57. The minimum atomic E-state index is -0.559. The van der Waals surface area contributed by atoms with E-state index in [-0.39, 0.29) is 17.4 Å². The maximum absolute atomic E-state index is 13.0. The largest absolute Gasteiger partial charge is 0.493 e. The zero-order chi connectivity index (χ0) is 18.5. The van der Waals surface area contributed by atoms with Crippen molar-refractivity contribution in [3.05, 3.63) is 65.1 Å². The first-order valence-corrected chi connectivity index (χ1v) is 8.20. The Morgan fingerprint density at radius 2 is 1.92 bits per heavy atom. The molecule has 0 aromatic heterocycles. The van der Waals surface area contributed by atoms with Crippen LogP contribution in [0.3, 0.4) is 0 Å². The van der Waals surface area contributed by atoms with Crippen LogP contribution in [0.1, 0.15) is 24.5 Å². The second-order valence-electron chi connectivity index (χ2n) is 5.60. The number of esters is 1. The molecule has 1 heterocycles. The Balaban J connectivity index is 1.89. The summed E-state index contributed by atoms with van der Waals surface area (Å²) < 4.78 is 29.1. The second kappa shape index (κ2) is 7.82. The standard InChI is InChI=1S/C20H18FNO4/c1-3-10-25-18-12-13(4-9-17(18)24-2)11-16-20(23)26-19(22-16)14-5-7-15(21)8-6-14/h4-9,11-12H,3,10H2,1-2H3/b16-11-. The first-order chi connectivity index (χ1) is 12.6. The maximum atomic E-state index is 13.0. The lowest BCUT2D eigenvalue weighted by Crippen LogP contribution is -2.05. The van der Waals surface area contributed by atoms with Crippen molar-refractivity contribution in [1.82, 2.24) is 0 Å². The van der Waals surface area contributed by atoms with Crippen LogP contribution in [0.5, 0.6) is 11.5 Å². The lowest BCUT2D eigenvalue weighted by Gasteiger charge is -2.10. The average Bonchev–Trinajstić information content (AvgIpc) is 3.01. The molecule has 2 aromatic carbocycles. The second-order valence-corrected chi connectivity index (χ2v) is 5.60. The van der Waals surface area contributed by atoms with Crippen LogP contribution in [0.2, 0.25) is 0 Å². The van der Waals surface area contributed by atoms with E-state index in [1.54, 1.807) is 31.4 Å². The molecule has 3 rings (SSSR count). The highest BCUT2D eigenvalue weighted by Gasteiger charge is 2.24. The van der Waals surface area contributed by atoms with Gasteiger partial charge < -0.3 is 14.2 Å². The number of carbonyl (C=O) groups is 1. The highest BCUT2D eigenvalue weighted by molar-refractivity contribution is 6.12. The summed E-state index contributed by atoms with van der Waals surface area (Å²) in [4.78, 5) is 16.3. The predicted octanol–water partition coefficient (Wildman–Crippen LogP) is 3.97. The van der Waals surface area contributed by atoms with Gasteiger partial charge in [0.15, 0.2) is 17.2 Å². The molecule has 1 aliphatic rings. The number of rotatable bonds is 6. The molecule has 0 saturated heterocycles. The molecule has 0 saturated carbocycles. The SMILES string of the molecule is CCCOc1cc(/C=C2\N=C(c3ccc(F)cc3)OC2=O)ccc1OC.